The summed E-state index contributed by atoms with van der Waals surface area (Å²) in [6, 6.07) is 0. The van der Waals surface area contributed by atoms with Crippen LogP contribution < -0.4 is 16.0 Å². The molecular formula is C15H31ClN3Ru. The van der Waals surface area contributed by atoms with Crippen LogP contribution in [-0.4, -0.2) is 33.5 Å². The van der Waals surface area contributed by atoms with E-state index in [1.54, 1.807) is 0 Å². The fourth-order valence-corrected chi connectivity index (χ4v) is 10.8. The molecule has 0 amide bonds. The van der Waals surface area contributed by atoms with Gasteiger partial charge in [0.05, 0.1) is 0 Å². The first-order chi connectivity index (χ1) is 9.45. The fourth-order valence-electron chi connectivity index (χ4n) is 3.52. The molecule has 20 heavy (non-hydrogen) atoms. The van der Waals surface area contributed by atoms with Gasteiger partial charge >= 0.3 is 123 Å². The topological polar surface area (TPSA) is 36.1 Å². The molecule has 3 N–H and O–H groups in total. The van der Waals surface area contributed by atoms with Crippen molar-refractivity contribution in [3.8, 4) is 0 Å². The SMILES string of the molecule is C1CC[CH]([Ru]([CH]2CCCCN2)[CH]2CCCCN2)NC1.Cl. The van der Waals surface area contributed by atoms with E-state index >= 15 is 0 Å². The van der Waals surface area contributed by atoms with Crippen LogP contribution in [0.4, 0.5) is 0 Å². The second-order valence-electron chi connectivity index (χ2n) is 6.05. The van der Waals surface area contributed by atoms with Gasteiger partial charge in [0, 0.05) is 0 Å². The molecule has 3 nitrogen and oxygen atoms in total. The third-order valence-corrected chi connectivity index (χ3v) is 11.3. The second kappa shape index (κ2) is 9.05. The molecule has 3 rings (SSSR count). The van der Waals surface area contributed by atoms with Crippen molar-refractivity contribution in [2.24, 2.45) is 0 Å². The summed E-state index contributed by atoms with van der Waals surface area (Å²) in [6.07, 6.45) is 12.9. The smallest absolute Gasteiger partial charge is 0.147 e. The van der Waals surface area contributed by atoms with Gasteiger partial charge in [-0.3, -0.25) is 0 Å². The first-order valence-corrected chi connectivity index (χ1v) is 11.3. The van der Waals surface area contributed by atoms with Crippen molar-refractivity contribution in [3.05, 3.63) is 0 Å². The molecule has 0 aliphatic carbocycles. The summed E-state index contributed by atoms with van der Waals surface area (Å²) in [6.45, 7) is 3.82. The van der Waals surface area contributed by atoms with Crippen molar-refractivity contribution in [1.29, 1.82) is 0 Å². The molecule has 0 saturated carbocycles. The van der Waals surface area contributed by atoms with Crippen LogP contribution in [0.1, 0.15) is 57.8 Å². The van der Waals surface area contributed by atoms with Crippen LogP contribution in [0.15, 0.2) is 0 Å². The molecule has 0 bridgehead atoms. The molecule has 3 fully saturated rings. The van der Waals surface area contributed by atoms with Gasteiger partial charge in [0.25, 0.3) is 0 Å². The minimum absolute atomic E-state index is 0. The molecule has 0 radical (unpaired) electrons. The standard InChI is InChI=1S/3C5H10N.ClH.Ru/c3*1-2-4-6-5-3-1;;/h3*4,6H,1-3,5H2;1H;. The van der Waals surface area contributed by atoms with E-state index in [4.69, 9.17) is 0 Å². The molecular weight excluding hydrogens is 359 g/mol. The number of piperidine rings is 3. The molecule has 121 valence electrons. The Morgan fingerprint density at radius 1 is 0.550 bits per heavy atom. The molecule has 0 aromatic rings. The summed E-state index contributed by atoms with van der Waals surface area (Å²) in [5, 5.41) is 11.7. The van der Waals surface area contributed by atoms with E-state index in [-0.39, 0.29) is 12.4 Å². The quantitative estimate of drug-likeness (QED) is 0.648. The zero-order valence-corrected chi connectivity index (χ0v) is 15.0. The minimum atomic E-state index is -0.863. The van der Waals surface area contributed by atoms with E-state index < -0.39 is 16.0 Å². The molecule has 5 heteroatoms. The summed E-state index contributed by atoms with van der Waals surface area (Å²) >= 11 is -0.863. The van der Waals surface area contributed by atoms with Crippen molar-refractivity contribution in [2.45, 2.75) is 71.7 Å². The van der Waals surface area contributed by atoms with Crippen LogP contribution in [0.25, 0.3) is 0 Å². The predicted octanol–water partition coefficient (Wildman–Crippen LogP) is 2.33. The second-order valence-corrected chi connectivity index (χ2v) is 11.4. The summed E-state index contributed by atoms with van der Waals surface area (Å²) < 4.78 is 2.68. The molecule has 3 saturated heterocycles. The van der Waals surface area contributed by atoms with Gasteiger partial charge in [-0.15, -0.1) is 12.4 Å². The van der Waals surface area contributed by atoms with E-state index in [0.717, 1.165) is 13.9 Å². The molecule has 3 unspecified atom stereocenters. The molecule has 0 spiro atoms. The minimum Gasteiger partial charge on any atom is -0.147 e. The van der Waals surface area contributed by atoms with E-state index in [0.29, 0.717) is 0 Å². The maximum absolute atomic E-state index is 3.90. The Labute approximate surface area is 135 Å². The van der Waals surface area contributed by atoms with Crippen LogP contribution in [0.2, 0.25) is 0 Å². The van der Waals surface area contributed by atoms with Gasteiger partial charge in [-0.05, 0) is 0 Å². The van der Waals surface area contributed by atoms with Gasteiger partial charge < -0.3 is 0 Å². The maximum atomic E-state index is 3.90. The van der Waals surface area contributed by atoms with Crippen LogP contribution in [0.5, 0.6) is 0 Å². The molecule has 3 heterocycles. The van der Waals surface area contributed by atoms with E-state index in [1.807, 2.05) is 0 Å². The normalized spacial score (nSPS) is 36.0. The number of halogens is 1. The monoisotopic (exact) mass is 390 g/mol. The largest absolute Gasteiger partial charge is 0.147 e. The maximum Gasteiger partial charge on any atom is -0.147 e. The van der Waals surface area contributed by atoms with Crippen LogP contribution in [0, 0.1) is 0 Å². The summed E-state index contributed by atoms with van der Waals surface area (Å²) in [5.41, 5.74) is 0. The van der Waals surface area contributed by atoms with Crippen molar-refractivity contribution in [1.82, 2.24) is 16.0 Å². The predicted molar refractivity (Wildman–Crippen MR) is 84.2 cm³/mol. The Kier molecular flexibility index (Phi) is 7.76. The van der Waals surface area contributed by atoms with Gasteiger partial charge in [-0.1, -0.05) is 0 Å². The summed E-state index contributed by atoms with van der Waals surface area (Å²) in [4.78, 5) is 0. The molecule has 0 aromatic carbocycles. The molecule has 0 aromatic heterocycles. The van der Waals surface area contributed by atoms with Gasteiger partial charge in [0.15, 0.2) is 0 Å². The zero-order chi connectivity index (χ0) is 12.9. The Bertz CT molecular complexity index is 219. The average Bonchev–Trinajstić information content (AvgIpc) is 2.51. The van der Waals surface area contributed by atoms with Crippen molar-refractivity contribution in [3.63, 3.8) is 0 Å². The Morgan fingerprint density at radius 3 is 1.15 bits per heavy atom. The first kappa shape index (κ1) is 17.2. The van der Waals surface area contributed by atoms with Crippen LogP contribution >= 0.6 is 12.4 Å². The molecule has 3 atom stereocenters. The third-order valence-electron chi connectivity index (χ3n) is 4.57. The van der Waals surface area contributed by atoms with Crippen LogP contribution in [-0.2, 0) is 16.0 Å². The Hall–Kier alpha value is 0.793. The zero-order valence-electron chi connectivity index (χ0n) is 12.5. The van der Waals surface area contributed by atoms with Crippen LogP contribution in [0.3, 0.4) is 0 Å². The van der Waals surface area contributed by atoms with Gasteiger partial charge in [-0.2, -0.15) is 0 Å². The van der Waals surface area contributed by atoms with E-state index in [1.165, 1.54) is 77.4 Å². The van der Waals surface area contributed by atoms with Crippen molar-refractivity contribution >= 4 is 12.4 Å². The first-order valence-electron chi connectivity index (χ1n) is 8.26. The Balaban J connectivity index is 0.00000147. The number of rotatable bonds is 3. The van der Waals surface area contributed by atoms with Crippen molar-refractivity contribution < 1.29 is 16.0 Å². The van der Waals surface area contributed by atoms with Gasteiger partial charge in [0.1, 0.15) is 0 Å². The third kappa shape index (κ3) is 4.40. The summed E-state index contributed by atoms with van der Waals surface area (Å²) in [5.74, 6) is 0. The number of hydrogen-bond acceptors (Lipinski definition) is 3. The van der Waals surface area contributed by atoms with Gasteiger partial charge in [-0.25, -0.2) is 0 Å². The van der Waals surface area contributed by atoms with Gasteiger partial charge in [0.2, 0.25) is 0 Å². The molecule has 3 aliphatic heterocycles. The molecule has 3 aliphatic rings. The fraction of sp³-hybridized carbons (Fsp3) is 1.00. The number of hydrogen-bond donors (Lipinski definition) is 3. The van der Waals surface area contributed by atoms with Crippen molar-refractivity contribution in [2.75, 3.05) is 19.6 Å². The number of nitrogens with one attached hydrogen (secondary N) is 3. The summed E-state index contributed by atoms with van der Waals surface area (Å²) in [7, 11) is 0. The van der Waals surface area contributed by atoms with E-state index in [9.17, 15) is 0 Å². The average molecular weight is 390 g/mol. The Morgan fingerprint density at radius 2 is 0.900 bits per heavy atom. The van der Waals surface area contributed by atoms with E-state index in [2.05, 4.69) is 16.0 Å².